The van der Waals surface area contributed by atoms with Gasteiger partial charge in [0.05, 0.1) is 18.5 Å². The summed E-state index contributed by atoms with van der Waals surface area (Å²) in [5.74, 6) is 1.21. The molecule has 0 spiro atoms. The summed E-state index contributed by atoms with van der Waals surface area (Å²) in [7, 11) is 3.78. The van der Waals surface area contributed by atoms with E-state index in [9.17, 15) is 4.79 Å². The maximum atomic E-state index is 12.4. The first-order valence-electron chi connectivity index (χ1n) is 12.8. The largest absolute Gasteiger partial charge is 0.496 e. The van der Waals surface area contributed by atoms with Crippen LogP contribution in [-0.2, 0) is 4.79 Å². The quantitative estimate of drug-likeness (QED) is 0.465. The molecule has 0 radical (unpaired) electrons. The van der Waals surface area contributed by atoms with E-state index < -0.39 is 0 Å². The first-order valence-corrected chi connectivity index (χ1v) is 12.8. The second-order valence-electron chi connectivity index (χ2n) is 10.0. The maximum absolute atomic E-state index is 12.4. The normalized spacial score (nSPS) is 20.3. The van der Waals surface area contributed by atoms with Crippen molar-refractivity contribution in [3.8, 4) is 17.0 Å². The molecule has 1 aromatic carbocycles. The van der Waals surface area contributed by atoms with Gasteiger partial charge in [-0.1, -0.05) is 18.2 Å². The Kier molecular flexibility index (Phi) is 6.91. The van der Waals surface area contributed by atoms with E-state index in [1.807, 2.05) is 35.9 Å². The second kappa shape index (κ2) is 10.3. The molecular weight excluding hydrogens is 454 g/mol. The molecule has 2 aliphatic carbocycles. The molecule has 36 heavy (non-hydrogen) atoms. The second-order valence-corrected chi connectivity index (χ2v) is 10.0. The number of methoxy groups -OCH3 is 1. The molecular formula is C27H35N7O2. The number of aromatic nitrogens is 4. The number of aryl methyl sites for hydroxylation is 1. The molecule has 9 heteroatoms. The van der Waals surface area contributed by atoms with E-state index in [-0.39, 0.29) is 18.0 Å². The van der Waals surface area contributed by atoms with Gasteiger partial charge in [0.15, 0.2) is 5.65 Å². The van der Waals surface area contributed by atoms with Crippen LogP contribution in [0, 0.1) is 6.92 Å². The number of carbonyl (C=O) groups excluding carboxylic acids is 1. The molecule has 0 bridgehead atoms. The van der Waals surface area contributed by atoms with Crippen molar-refractivity contribution in [3.63, 3.8) is 0 Å². The number of likely N-dealkylation sites (N-methyl/N-ethyl adjacent to an activating group) is 1. The summed E-state index contributed by atoms with van der Waals surface area (Å²) in [5.41, 5.74) is 9.78. The zero-order valence-electron chi connectivity index (χ0n) is 21.3. The minimum Gasteiger partial charge on any atom is -0.496 e. The van der Waals surface area contributed by atoms with Gasteiger partial charge in [-0.25, -0.2) is 14.6 Å². The van der Waals surface area contributed by atoms with Crippen molar-refractivity contribution in [1.82, 2.24) is 30.0 Å². The highest BCUT2D eigenvalue weighted by Gasteiger charge is 2.28. The first kappa shape index (κ1) is 24.2. The van der Waals surface area contributed by atoms with E-state index >= 15 is 0 Å². The Labute approximate surface area is 211 Å². The van der Waals surface area contributed by atoms with Crippen LogP contribution in [0.15, 0.2) is 36.7 Å². The first-order chi connectivity index (χ1) is 17.4. The van der Waals surface area contributed by atoms with Gasteiger partial charge in [-0.15, -0.1) is 0 Å². The summed E-state index contributed by atoms with van der Waals surface area (Å²) >= 11 is 0. The lowest BCUT2D eigenvalue weighted by Crippen LogP contribution is -2.37. The number of nitrogens with two attached hydrogens (primary N) is 1. The molecule has 190 valence electrons. The molecule has 0 saturated heterocycles. The molecule has 1 amide bonds. The van der Waals surface area contributed by atoms with Crippen LogP contribution >= 0.6 is 0 Å². The predicted octanol–water partition coefficient (Wildman–Crippen LogP) is 3.64. The molecule has 0 atom stereocenters. The van der Waals surface area contributed by atoms with E-state index in [1.165, 1.54) is 19.2 Å². The van der Waals surface area contributed by atoms with Gasteiger partial charge in [-0.2, -0.15) is 5.10 Å². The highest BCUT2D eigenvalue weighted by Crippen LogP contribution is 2.37. The van der Waals surface area contributed by atoms with Crippen LogP contribution in [0.1, 0.15) is 50.1 Å². The van der Waals surface area contributed by atoms with Crippen molar-refractivity contribution in [2.24, 2.45) is 0 Å². The summed E-state index contributed by atoms with van der Waals surface area (Å²) in [6.45, 7) is 2.83. The monoisotopic (exact) mass is 489 g/mol. The van der Waals surface area contributed by atoms with Crippen LogP contribution in [0.2, 0.25) is 0 Å². The third-order valence-corrected chi connectivity index (χ3v) is 7.42. The van der Waals surface area contributed by atoms with Crippen molar-refractivity contribution in [2.75, 3.05) is 26.4 Å². The van der Waals surface area contributed by atoms with Gasteiger partial charge in [0, 0.05) is 30.3 Å². The topological polar surface area (TPSA) is 111 Å². The van der Waals surface area contributed by atoms with Crippen LogP contribution in [-0.4, -0.2) is 63.3 Å². The van der Waals surface area contributed by atoms with Crippen molar-refractivity contribution in [2.45, 2.75) is 63.6 Å². The van der Waals surface area contributed by atoms with E-state index in [2.05, 4.69) is 27.2 Å². The van der Waals surface area contributed by atoms with E-state index in [0.29, 0.717) is 11.9 Å². The average molecular weight is 490 g/mol. The van der Waals surface area contributed by atoms with Crippen molar-refractivity contribution in [3.05, 3.63) is 42.2 Å². The molecule has 0 unspecified atom stereocenters. The Balaban J connectivity index is 1.29. The third-order valence-electron chi connectivity index (χ3n) is 7.42. The number of ether oxygens (including phenoxy) is 1. The minimum absolute atomic E-state index is 0.0108. The van der Waals surface area contributed by atoms with E-state index in [1.54, 1.807) is 13.2 Å². The maximum Gasteiger partial charge on any atom is 0.243 e. The Bertz CT molecular complexity index is 1270. The Morgan fingerprint density at radius 1 is 1.22 bits per heavy atom. The number of nitrogens with one attached hydrogen (secondary N) is 1. The van der Waals surface area contributed by atoms with E-state index in [0.717, 1.165) is 65.8 Å². The number of nitrogens with zero attached hydrogens (tertiary/aromatic N) is 5. The van der Waals surface area contributed by atoms with Crippen LogP contribution in [0.4, 0.5) is 5.82 Å². The number of nitrogen functional groups attached to an aromatic ring is 1. The zero-order chi connectivity index (χ0) is 25.2. The van der Waals surface area contributed by atoms with Crippen molar-refractivity contribution >= 4 is 22.8 Å². The molecule has 2 aliphatic rings. The van der Waals surface area contributed by atoms with Crippen LogP contribution in [0.3, 0.4) is 0 Å². The Morgan fingerprint density at radius 2 is 2.00 bits per heavy atom. The number of hydrogen-bond acceptors (Lipinski definition) is 7. The van der Waals surface area contributed by atoms with Crippen molar-refractivity contribution in [1.29, 1.82) is 0 Å². The zero-order valence-corrected chi connectivity index (χ0v) is 21.3. The lowest BCUT2D eigenvalue weighted by molar-refractivity contribution is -0.117. The Hall–Kier alpha value is -3.46. The average Bonchev–Trinajstić information content (AvgIpc) is 3.66. The van der Waals surface area contributed by atoms with Gasteiger partial charge in [0.2, 0.25) is 5.91 Å². The van der Waals surface area contributed by atoms with Gasteiger partial charge in [-0.3, -0.25) is 9.69 Å². The predicted molar refractivity (Wildman–Crippen MR) is 141 cm³/mol. The van der Waals surface area contributed by atoms with E-state index in [4.69, 9.17) is 15.6 Å². The van der Waals surface area contributed by atoms with Crippen molar-refractivity contribution < 1.29 is 9.53 Å². The molecule has 5 rings (SSSR count). The molecule has 2 saturated carbocycles. The highest BCUT2D eigenvalue weighted by atomic mass is 16.5. The molecule has 3 aromatic rings. The minimum atomic E-state index is -0.0108. The molecule has 3 N–H and O–H groups in total. The summed E-state index contributed by atoms with van der Waals surface area (Å²) in [6, 6.07) is 7.07. The van der Waals surface area contributed by atoms with Crippen LogP contribution in [0.25, 0.3) is 22.3 Å². The fraction of sp³-hybridized carbons (Fsp3) is 0.481. The number of benzene rings is 1. The molecule has 9 nitrogen and oxygen atoms in total. The fourth-order valence-corrected chi connectivity index (χ4v) is 5.12. The number of anilines is 1. The van der Waals surface area contributed by atoms with Gasteiger partial charge < -0.3 is 15.8 Å². The number of amides is 1. The molecule has 0 aliphatic heterocycles. The van der Waals surface area contributed by atoms with Gasteiger partial charge in [-0.05, 0) is 64.1 Å². The number of carbonyl (C=O) groups is 1. The van der Waals surface area contributed by atoms with Gasteiger partial charge >= 0.3 is 0 Å². The molecule has 2 aromatic heterocycles. The lowest BCUT2D eigenvalue weighted by Gasteiger charge is -2.29. The van der Waals surface area contributed by atoms with Crippen LogP contribution in [0.5, 0.6) is 5.75 Å². The summed E-state index contributed by atoms with van der Waals surface area (Å²) in [6.07, 6.45) is 11.2. The van der Waals surface area contributed by atoms with Gasteiger partial charge in [0.1, 0.15) is 23.6 Å². The van der Waals surface area contributed by atoms with Gasteiger partial charge in [0.25, 0.3) is 0 Å². The Morgan fingerprint density at radius 3 is 2.72 bits per heavy atom. The molecule has 2 fully saturated rings. The summed E-state index contributed by atoms with van der Waals surface area (Å²) in [5, 5.41) is 8.92. The number of rotatable bonds is 8. The standard InChI is InChI=1S/C27H35N7O2/c1-17-6-7-18(15-22(17)36-3)25-24-26(28)29-16-30-27(24)34(32-25)21-10-8-19(9-11-21)31-23(35)5-4-14-33(2)20-12-13-20/h4-7,15-16,19-21H,8-14H2,1-3H3,(H,31,35)(H2,28,29,30). The SMILES string of the molecule is COc1cc(-c2nn(C3CCC(NC(=O)C=CCN(C)C4CC4)CC3)c3ncnc(N)c23)ccc1C. The summed E-state index contributed by atoms with van der Waals surface area (Å²) < 4.78 is 7.53. The van der Waals surface area contributed by atoms with Crippen LogP contribution < -0.4 is 15.8 Å². The fourth-order valence-electron chi connectivity index (χ4n) is 5.12. The smallest absolute Gasteiger partial charge is 0.243 e. The third kappa shape index (κ3) is 5.06. The highest BCUT2D eigenvalue weighted by molar-refractivity contribution is 5.98. The number of hydrogen-bond donors (Lipinski definition) is 2. The summed E-state index contributed by atoms with van der Waals surface area (Å²) in [4.78, 5) is 23.5. The molecule has 2 heterocycles. The lowest BCUT2D eigenvalue weighted by atomic mass is 9.91. The number of fused-ring (bicyclic) bond motifs is 1.